The fraction of sp³-hybridized carbons (Fsp3) is 0.562. The van der Waals surface area contributed by atoms with Gasteiger partial charge in [-0.1, -0.05) is 44.2 Å². The van der Waals surface area contributed by atoms with Crippen LogP contribution < -0.4 is 5.73 Å². The van der Waals surface area contributed by atoms with Crippen LogP contribution in [0.5, 0.6) is 0 Å². The molecule has 1 aliphatic rings. The van der Waals surface area contributed by atoms with Gasteiger partial charge < -0.3 is 10.6 Å². The Labute approximate surface area is 115 Å². The van der Waals surface area contributed by atoms with Gasteiger partial charge in [0.2, 0.25) is 5.91 Å². The topological polar surface area (TPSA) is 46.3 Å². The summed E-state index contributed by atoms with van der Waals surface area (Å²) in [6, 6.07) is 9.58. The molecule has 104 valence electrons. The number of hydrogen-bond acceptors (Lipinski definition) is 2. The SMILES string of the molecule is CC(C)C1CCN(C(=O)[C@H](N)Cc2ccccc2)C1. The quantitative estimate of drug-likeness (QED) is 0.900. The molecule has 3 heteroatoms. The van der Waals surface area contributed by atoms with Gasteiger partial charge in [-0.25, -0.2) is 0 Å². The number of likely N-dealkylation sites (tertiary alicyclic amines) is 1. The lowest BCUT2D eigenvalue weighted by Crippen LogP contribution is -2.44. The number of rotatable bonds is 4. The summed E-state index contributed by atoms with van der Waals surface area (Å²) in [6.45, 7) is 6.19. The predicted octanol–water partition coefficient (Wildman–Crippen LogP) is 2.06. The second-order valence-corrected chi connectivity index (χ2v) is 5.87. The molecule has 0 radical (unpaired) electrons. The molecule has 0 aliphatic carbocycles. The van der Waals surface area contributed by atoms with Crippen molar-refractivity contribution in [2.24, 2.45) is 17.6 Å². The predicted molar refractivity (Wildman–Crippen MR) is 77.6 cm³/mol. The monoisotopic (exact) mass is 260 g/mol. The zero-order valence-corrected chi connectivity index (χ0v) is 11.9. The Morgan fingerprint density at radius 1 is 1.37 bits per heavy atom. The third-order valence-corrected chi connectivity index (χ3v) is 4.09. The summed E-state index contributed by atoms with van der Waals surface area (Å²) in [5, 5.41) is 0. The first-order valence-corrected chi connectivity index (χ1v) is 7.16. The molecule has 19 heavy (non-hydrogen) atoms. The first kappa shape index (κ1) is 14.1. The van der Waals surface area contributed by atoms with Gasteiger partial charge in [-0.3, -0.25) is 4.79 Å². The van der Waals surface area contributed by atoms with E-state index in [0.717, 1.165) is 25.1 Å². The van der Waals surface area contributed by atoms with Gasteiger partial charge in [-0.05, 0) is 30.2 Å². The largest absolute Gasteiger partial charge is 0.341 e. The molecule has 1 unspecified atom stereocenters. The van der Waals surface area contributed by atoms with Crippen molar-refractivity contribution in [3.05, 3.63) is 35.9 Å². The molecule has 1 amide bonds. The Bertz CT molecular complexity index is 416. The van der Waals surface area contributed by atoms with E-state index in [-0.39, 0.29) is 5.91 Å². The fourth-order valence-electron chi connectivity index (χ4n) is 2.72. The molecule has 1 heterocycles. The van der Waals surface area contributed by atoms with Crippen LogP contribution in [0.1, 0.15) is 25.8 Å². The summed E-state index contributed by atoms with van der Waals surface area (Å²) in [6.07, 6.45) is 1.74. The van der Waals surface area contributed by atoms with Gasteiger partial charge in [0.15, 0.2) is 0 Å². The summed E-state index contributed by atoms with van der Waals surface area (Å²) in [4.78, 5) is 14.3. The molecule has 2 rings (SSSR count). The molecule has 2 atom stereocenters. The Hall–Kier alpha value is -1.35. The summed E-state index contributed by atoms with van der Waals surface area (Å²) < 4.78 is 0. The average Bonchev–Trinajstić information content (AvgIpc) is 2.88. The van der Waals surface area contributed by atoms with Crippen molar-refractivity contribution in [1.82, 2.24) is 4.90 Å². The van der Waals surface area contributed by atoms with Crippen LogP contribution in [-0.4, -0.2) is 29.9 Å². The molecule has 1 aromatic carbocycles. The highest BCUT2D eigenvalue weighted by molar-refractivity contribution is 5.82. The normalized spacial score (nSPS) is 20.8. The lowest BCUT2D eigenvalue weighted by Gasteiger charge is -2.22. The van der Waals surface area contributed by atoms with Crippen molar-refractivity contribution in [3.63, 3.8) is 0 Å². The minimum Gasteiger partial charge on any atom is -0.341 e. The molecule has 0 saturated carbocycles. The van der Waals surface area contributed by atoms with Gasteiger partial charge >= 0.3 is 0 Å². The third kappa shape index (κ3) is 3.57. The smallest absolute Gasteiger partial charge is 0.239 e. The van der Waals surface area contributed by atoms with Crippen molar-refractivity contribution < 1.29 is 4.79 Å². The van der Waals surface area contributed by atoms with E-state index < -0.39 is 6.04 Å². The van der Waals surface area contributed by atoms with Crippen LogP contribution in [0.2, 0.25) is 0 Å². The molecular formula is C16H24N2O. The molecule has 2 N–H and O–H groups in total. The third-order valence-electron chi connectivity index (χ3n) is 4.09. The number of carbonyl (C=O) groups is 1. The molecule has 0 aromatic heterocycles. The summed E-state index contributed by atoms with van der Waals surface area (Å²) >= 11 is 0. The fourth-order valence-corrected chi connectivity index (χ4v) is 2.72. The number of nitrogens with zero attached hydrogens (tertiary/aromatic N) is 1. The highest BCUT2D eigenvalue weighted by Gasteiger charge is 2.30. The van der Waals surface area contributed by atoms with Crippen LogP contribution in [0.15, 0.2) is 30.3 Å². The zero-order chi connectivity index (χ0) is 13.8. The van der Waals surface area contributed by atoms with E-state index in [1.807, 2.05) is 35.2 Å². The standard InChI is InChI=1S/C16H24N2O/c1-12(2)14-8-9-18(11-14)16(19)15(17)10-13-6-4-3-5-7-13/h3-7,12,14-15H,8-11,17H2,1-2H3/t14?,15-/m1/s1. The molecule has 1 aliphatic heterocycles. The molecule has 0 spiro atoms. The van der Waals surface area contributed by atoms with Crippen molar-refractivity contribution in [2.75, 3.05) is 13.1 Å². The zero-order valence-electron chi connectivity index (χ0n) is 11.9. The van der Waals surface area contributed by atoms with E-state index in [0.29, 0.717) is 18.3 Å². The van der Waals surface area contributed by atoms with E-state index in [2.05, 4.69) is 13.8 Å². The minimum atomic E-state index is -0.409. The Balaban J connectivity index is 1.90. The maximum absolute atomic E-state index is 12.3. The van der Waals surface area contributed by atoms with E-state index in [4.69, 9.17) is 5.73 Å². The molecule has 1 fully saturated rings. The van der Waals surface area contributed by atoms with Crippen molar-refractivity contribution in [3.8, 4) is 0 Å². The van der Waals surface area contributed by atoms with Crippen molar-refractivity contribution >= 4 is 5.91 Å². The van der Waals surface area contributed by atoms with Gasteiger partial charge in [0.05, 0.1) is 6.04 Å². The van der Waals surface area contributed by atoms with Crippen LogP contribution in [-0.2, 0) is 11.2 Å². The van der Waals surface area contributed by atoms with Crippen LogP contribution in [0, 0.1) is 11.8 Å². The highest BCUT2D eigenvalue weighted by Crippen LogP contribution is 2.24. The first-order chi connectivity index (χ1) is 9.08. The van der Waals surface area contributed by atoms with Crippen LogP contribution >= 0.6 is 0 Å². The Morgan fingerprint density at radius 2 is 2.05 bits per heavy atom. The lowest BCUT2D eigenvalue weighted by atomic mass is 9.95. The highest BCUT2D eigenvalue weighted by atomic mass is 16.2. The average molecular weight is 260 g/mol. The van der Waals surface area contributed by atoms with Gasteiger partial charge in [-0.15, -0.1) is 0 Å². The van der Waals surface area contributed by atoms with Crippen LogP contribution in [0.25, 0.3) is 0 Å². The van der Waals surface area contributed by atoms with Crippen LogP contribution in [0.3, 0.4) is 0 Å². The molecule has 3 nitrogen and oxygen atoms in total. The number of nitrogens with two attached hydrogens (primary N) is 1. The number of amides is 1. The van der Waals surface area contributed by atoms with E-state index in [1.165, 1.54) is 0 Å². The van der Waals surface area contributed by atoms with E-state index >= 15 is 0 Å². The molecule has 1 aromatic rings. The molecule has 1 saturated heterocycles. The number of benzene rings is 1. The molecule has 0 bridgehead atoms. The van der Waals surface area contributed by atoms with Gasteiger partial charge in [0.1, 0.15) is 0 Å². The van der Waals surface area contributed by atoms with E-state index in [9.17, 15) is 4.79 Å². The minimum absolute atomic E-state index is 0.104. The number of hydrogen-bond donors (Lipinski definition) is 1. The van der Waals surface area contributed by atoms with Crippen LogP contribution in [0.4, 0.5) is 0 Å². The summed E-state index contributed by atoms with van der Waals surface area (Å²) in [5.74, 6) is 1.38. The lowest BCUT2D eigenvalue weighted by molar-refractivity contribution is -0.131. The Morgan fingerprint density at radius 3 is 2.63 bits per heavy atom. The molecular weight excluding hydrogens is 236 g/mol. The Kier molecular flexibility index (Phi) is 4.59. The van der Waals surface area contributed by atoms with E-state index in [1.54, 1.807) is 0 Å². The van der Waals surface area contributed by atoms with Crippen molar-refractivity contribution in [1.29, 1.82) is 0 Å². The maximum atomic E-state index is 12.3. The second kappa shape index (κ2) is 6.20. The van der Waals surface area contributed by atoms with Crippen molar-refractivity contribution in [2.45, 2.75) is 32.7 Å². The first-order valence-electron chi connectivity index (χ1n) is 7.16. The second-order valence-electron chi connectivity index (χ2n) is 5.87. The number of carbonyl (C=O) groups excluding carboxylic acids is 1. The van der Waals surface area contributed by atoms with Gasteiger partial charge in [-0.2, -0.15) is 0 Å². The summed E-state index contributed by atoms with van der Waals surface area (Å²) in [5.41, 5.74) is 7.19. The van der Waals surface area contributed by atoms with Gasteiger partial charge in [0, 0.05) is 13.1 Å². The van der Waals surface area contributed by atoms with Gasteiger partial charge in [0.25, 0.3) is 0 Å². The summed E-state index contributed by atoms with van der Waals surface area (Å²) in [7, 11) is 0. The maximum Gasteiger partial charge on any atom is 0.239 e.